The predicted octanol–water partition coefficient (Wildman–Crippen LogP) is 4.53. The first-order chi connectivity index (χ1) is 16.9. The van der Waals surface area contributed by atoms with E-state index in [1.165, 1.54) is 53.9 Å². The molecular weight excluding hydrogens is 486 g/mol. The predicted molar refractivity (Wildman–Crippen MR) is 134 cm³/mol. The molecule has 176 valence electrons. The lowest BCUT2D eigenvalue weighted by atomic mass is 10.2. The van der Waals surface area contributed by atoms with Crippen LogP contribution in [-0.2, 0) is 10.0 Å². The van der Waals surface area contributed by atoms with E-state index in [0.717, 1.165) is 0 Å². The summed E-state index contributed by atoms with van der Waals surface area (Å²) in [4.78, 5) is 25.0. The lowest BCUT2D eigenvalue weighted by molar-refractivity contribution is 0.0739. The molecule has 8 nitrogen and oxygen atoms in total. The number of hydrazone groups is 1. The number of nitrogens with one attached hydrogen (secondary N) is 2. The van der Waals surface area contributed by atoms with Crippen molar-refractivity contribution in [3.63, 3.8) is 0 Å². The van der Waals surface area contributed by atoms with E-state index in [-0.39, 0.29) is 4.90 Å². The van der Waals surface area contributed by atoms with Gasteiger partial charge in [-0.1, -0.05) is 24.3 Å². The van der Waals surface area contributed by atoms with E-state index in [9.17, 15) is 18.0 Å². The summed E-state index contributed by atoms with van der Waals surface area (Å²) in [5.74, 6) is -0.486. The van der Waals surface area contributed by atoms with Crippen LogP contribution in [0.1, 0.15) is 25.6 Å². The van der Waals surface area contributed by atoms with Crippen LogP contribution in [0.15, 0.2) is 106 Å². The molecule has 0 saturated heterocycles. The Morgan fingerprint density at radius 1 is 0.857 bits per heavy atom. The van der Waals surface area contributed by atoms with Crippen molar-refractivity contribution in [2.75, 3.05) is 4.72 Å². The van der Waals surface area contributed by atoms with Crippen LogP contribution < -0.4 is 14.9 Å². The van der Waals surface area contributed by atoms with Gasteiger partial charge in [-0.3, -0.25) is 9.52 Å². The number of esters is 1. The third-order valence-electron chi connectivity index (χ3n) is 4.65. The molecule has 4 aromatic rings. The molecule has 0 aliphatic rings. The van der Waals surface area contributed by atoms with Crippen LogP contribution in [0.5, 0.6) is 5.75 Å². The van der Waals surface area contributed by atoms with Crippen LogP contribution in [0, 0.1) is 0 Å². The third-order valence-corrected chi connectivity index (χ3v) is 6.89. The average Bonchev–Trinajstić information content (AvgIpc) is 3.41. The molecule has 0 radical (unpaired) electrons. The topological polar surface area (TPSA) is 114 Å². The maximum absolute atomic E-state index is 12.4. The maximum Gasteiger partial charge on any atom is 0.353 e. The van der Waals surface area contributed by atoms with Crippen LogP contribution in [0.4, 0.5) is 5.69 Å². The summed E-state index contributed by atoms with van der Waals surface area (Å²) in [6.07, 6.45) is 1.45. The zero-order chi connectivity index (χ0) is 24.7. The summed E-state index contributed by atoms with van der Waals surface area (Å²) in [6, 6.07) is 24.1. The van der Waals surface area contributed by atoms with Gasteiger partial charge in [-0.25, -0.2) is 18.6 Å². The van der Waals surface area contributed by atoms with E-state index in [2.05, 4.69) is 15.2 Å². The van der Waals surface area contributed by atoms with Crippen LogP contribution in [0.25, 0.3) is 0 Å². The van der Waals surface area contributed by atoms with Gasteiger partial charge in [0.15, 0.2) is 0 Å². The SMILES string of the molecule is O=C(N/N=C\c1ccc(OC(=O)c2cccs2)cc1)c1ccc(NS(=O)(=O)c2ccccc2)cc1. The summed E-state index contributed by atoms with van der Waals surface area (Å²) in [5.41, 5.74) is 3.73. The van der Waals surface area contributed by atoms with Crippen molar-refractivity contribution in [1.82, 2.24) is 5.43 Å². The summed E-state index contributed by atoms with van der Waals surface area (Å²) in [5, 5.41) is 5.73. The first kappa shape index (κ1) is 23.9. The summed E-state index contributed by atoms with van der Waals surface area (Å²) in [6.45, 7) is 0. The Bertz CT molecular complexity index is 1430. The van der Waals surface area contributed by atoms with Gasteiger partial charge >= 0.3 is 5.97 Å². The van der Waals surface area contributed by atoms with E-state index in [1.54, 1.807) is 60.0 Å². The molecule has 3 aromatic carbocycles. The van der Waals surface area contributed by atoms with Crippen LogP contribution in [0.2, 0.25) is 0 Å². The van der Waals surface area contributed by atoms with Gasteiger partial charge in [-0.05, 0) is 77.7 Å². The number of sulfonamides is 1. The molecule has 2 N–H and O–H groups in total. The number of anilines is 1. The average molecular weight is 506 g/mol. The minimum atomic E-state index is -3.71. The number of carbonyl (C=O) groups is 2. The van der Waals surface area contributed by atoms with Crippen molar-refractivity contribution in [2.24, 2.45) is 5.10 Å². The molecule has 35 heavy (non-hydrogen) atoms. The van der Waals surface area contributed by atoms with E-state index in [4.69, 9.17) is 4.74 Å². The van der Waals surface area contributed by atoms with Gasteiger partial charge in [0.05, 0.1) is 11.1 Å². The zero-order valence-electron chi connectivity index (χ0n) is 18.1. The molecule has 0 aliphatic carbocycles. The number of thiophene rings is 1. The highest BCUT2D eigenvalue weighted by Crippen LogP contribution is 2.17. The molecule has 0 aliphatic heterocycles. The molecule has 4 rings (SSSR count). The Morgan fingerprint density at radius 2 is 1.57 bits per heavy atom. The number of ether oxygens (including phenoxy) is 1. The zero-order valence-corrected chi connectivity index (χ0v) is 19.8. The van der Waals surface area contributed by atoms with Gasteiger partial charge in [0.2, 0.25) is 0 Å². The molecule has 1 aromatic heterocycles. The van der Waals surface area contributed by atoms with Gasteiger partial charge < -0.3 is 4.74 Å². The van der Waals surface area contributed by atoms with Crippen molar-refractivity contribution in [3.8, 4) is 5.75 Å². The van der Waals surface area contributed by atoms with Crippen molar-refractivity contribution < 1.29 is 22.7 Å². The maximum atomic E-state index is 12.4. The van der Waals surface area contributed by atoms with Gasteiger partial charge in [-0.15, -0.1) is 11.3 Å². The first-order valence-electron chi connectivity index (χ1n) is 10.3. The van der Waals surface area contributed by atoms with Crippen LogP contribution >= 0.6 is 11.3 Å². The lowest BCUT2D eigenvalue weighted by Gasteiger charge is -2.08. The fourth-order valence-electron chi connectivity index (χ4n) is 2.91. The molecule has 10 heteroatoms. The smallest absolute Gasteiger partial charge is 0.353 e. The Labute approximate surface area is 206 Å². The van der Waals surface area contributed by atoms with Crippen LogP contribution in [-0.4, -0.2) is 26.5 Å². The van der Waals surface area contributed by atoms with Gasteiger partial charge in [0.1, 0.15) is 10.6 Å². The largest absolute Gasteiger partial charge is 0.422 e. The van der Waals surface area contributed by atoms with Gasteiger partial charge in [-0.2, -0.15) is 5.10 Å². The van der Waals surface area contributed by atoms with Gasteiger partial charge in [0, 0.05) is 11.3 Å². The molecule has 1 heterocycles. The Morgan fingerprint density at radius 3 is 2.23 bits per heavy atom. The Balaban J connectivity index is 1.30. The summed E-state index contributed by atoms with van der Waals surface area (Å²) in [7, 11) is -3.71. The quantitative estimate of drug-likeness (QED) is 0.158. The Kier molecular flexibility index (Phi) is 7.34. The lowest BCUT2D eigenvalue weighted by Crippen LogP contribution is -2.18. The molecule has 0 bridgehead atoms. The normalized spacial score (nSPS) is 11.2. The van der Waals surface area contributed by atoms with E-state index < -0.39 is 21.9 Å². The van der Waals surface area contributed by atoms with Gasteiger partial charge in [0.25, 0.3) is 15.9 Å². The molecule has 1 amide bonds. The number of benzene rings is 3. The molecular formula is C25H19N3O5S2. The number of hydrogen-bond acceptors (Lipinski definition) is 7. The molecule has 0 fully saturated rings. The summed E-state index contributed by atoms with van der Waals surface area (Å²) < 4.78 is 32.5. The number of carbonyl (C=O) groups excluding carboxylic acids is 2. The second-order valence-electron chi connectivity index (χ2n) is 7.13. The number of amides is 1. The Hall–Kier alpha value is -4.28. The highest BCUT2D eigenvalue weighted by Gasteiger charge is 2.14. The monoisotopic (exact) mass is 505 g/mol. The number of nitrogens with zero attached hydrogens (tertiary/aromatic N) is 1. The third kappa shape index (κ3) is 6.40. The molecule has 0 saturated carbocycles. The number of hydrogen-bond donors (Lipinski definition) is 2. The van der Waals surface area contributed by atoms with Crippen molar-refractivity contribution in [3.05, 3.63) is 112 Å². The van der Waals surface area contributed by atoms with Crippen molar-refractivity contribution in [2.45, 2.75) is 4.90 Å². The fourth-order valence-corrected chi connectivity index (χ4v) is 4.59. The van der Waals surface area contributed by atoms with Crippen LogP contribution in [0.3, 0.4) is 0 Å². The fraction of sp³-hybridized carbons (Fsp3) is 0. The standard InChI is InChI=1S/C25H19N3O5S2/c29-24(19-10-12-20(13-11-19)28-35(31,32)22-5-2-1-3-6-22)27-26-17-18-8-14-21(15-9-18)33-25(30)23-7-4-16-34-23/h1-17,28H,(H,27,29)/b26-17-. The van der Waals surface area contributed by atoms with Crippen molar-refractivity contribution >= 4 is 45.1 Å². The first-order valence-corrected chi connectivity index (χ1v) is 12.6. The molecule has 0 unspecified atom stereocenters. The second-order valence-corrected chi connectivity index (χ2v) is 9.76. The minimum absolute atomic E-state index is 0.143. The highest BCUT2D eigenvalue weighted by molar-refractivity contribution is 7.92. The van der Waals surface area contributed by atoms with E-state index in [0.29, 0.717) is 27.4 Å². The molecule has 0 atom stereocenters. The molecule has 0 spiro atoms. The summed E-state index contributed by atoms with van der Waals surface area (Å²) >= 11 is 1.30. The second kappa shape index (κ2) is 10.8. The minimum Gasteiger partial charge on any atom is -0.422 e. The van der Waals surface area contributed by atoms with Crippen molar-refractivity contribution in [1.29, 1.82) is 0 Å². The number of rotatable bonds is 8. The van der Waals surface area contributed by atoms with E-state index >= 15 is 0 Å². The highest BCUT2D eigenvalue weighted by atomic mass is 32.2. The van der Waals surface area contributed by atoms with E-state index in [1.807, 2.05) is 0 Å².